The second-order valence-corrected chi connectivity index (χ2v) is 9.19. The van der Waals surface area contributed by atoms with Gasteiger partial charge in [-0.25, -0.2) is 13.1 Å². The van der Waals surface area contributed by atoms with Crippen LogP contribution in [0.25, 0.3) is 0 Å². The van der Waals surface area contributed by atoms with E-state index in [4.69, 9.17) is 4.74 Å². The maximum atomic E-state index is 12.3. The van der Waals surface area contributed by atoms with E-state index in [1.54, 1.807) is 31.3 Å². The Morgan fingerprint density at radius 3 is 2.50 bits per heavy atom. The smallest absolute Gasteiger partial charge is 0.240 e. The first kappa shape index (κ1) is 22.1. The molecule has 0 aliphatic heterocycles. The highest BCUT2D eigenvalue weighted by Crippen LogP contribution is 2.30. The molecule has 8 heteroatoms. The fourth-order valence-corrected chi connectivity index (χ4v) is 3.88. The van der Waals surface area contributed by atoms with Crippen LogP contribution in [0.3, 0.4) is 0 Å². The number of nitrogens with zero attached hydrogens (tertiary/aromatic N) is 1. The van der Waals surface area contributed by atoms with E-state index in [0.717, 1.165) is 23.5 Å². The van der Waals surface area contributed by atoms with Gasteiger partial charge >= 0.3 is 0 Å². The van der Waals surface area contributed by atoms with Gasteiger partial charge in [0.25, 0.3) is 0 Å². The van der Waals surface area contributed by atoms with Crippen molar-refractivity contribution in [3.05, 3.63) is 59.7 Å². The maximum absolute atomic E-state index is 12.3. The van der Waals surface area contributed by atoms with Gasteiger partial charge in [0.2, 0.25) is 10.0 Å². The van der Waals surface area contributed by atoms with Gasteiger partial charge in [-0.15, -0.1) is 0 Å². The molecule has 1 saturated carbocycles. The molecule has 2 aromatic carbocycles. The van der Waals surface area contributed by atoms with E-state index >= 15 is 0 Å². The second-order valence-electron chi connectivity index (χ2n) is 7.43. The molecule has 1 aliphatic carbocycles. The Bertz CT molecular complexity index is 955. The van der Waals surface area contributed by atoms with Crippen LogP contribution in [0.4, 0.5) is 0 Å². The molecule has 0 aromatic heterocycles. The van der Waals surface area contributed by atoms with Gasteiger partial charge in [-0.05, 0) is 43.9 Å². The second kappa shape index (κ2) is 10.4. The number of nitrogens with one attached hydrogen (secondary N) is 3. The monoisotopic (exact) mass is 430 g/mol. The largest absolute Gasteiger partial charge is 0.493 e. The number of aryl methyl sites for hydroxylation is 1. The Labute approximate surface area is 179 Å². The number of rotatable bonds is 10. The molecule has 2 aromatic rings. The van der Waals surface area contributed by atoms with Crippen LogP contribution in [0.5, 0.6) is 5.75 Å². The summed E-state index contributed by atoms with van der Waals surface area (Å²) in [6.45, 7) is 3.91. The molecule has 0 amide bonds. The van der Waals surface area contributed by atoms with E-state index in [9.17, 15) is 8.42 Å². The van der Waals surface area contributed by atoms with Crippen molar-refractivity contribution in [2.24, 2.45) is 10.9 Å². The molecule has 0 radical (unpaired) electrons. The zero-order valence-corrected chi connectivity index (χ0v) is 18.3. The Morgan fingerprint density at radius 2 is 1.80 bits per heavy atom. The third-order valence-electron chi connectivity index (χ3n) is 4.85. The molecule has 0 saturated heterocycles. The SMILES string of the molecule is CN=C(NCCNS(=O)(=O)c1ccc(C)cc1)NCc1ccccc1OCC1CC1. The predicted molar refractivity (Wildman–Crippen MR) is 119 cm³/mol. The molecule has 0 spiro atoms. The number of ether oxygens (including phenoxy) is 1. The van der Waals surface area contributed by atoms with E-state index in [0.29, 0.717) is 25.0 Å². The van der Waals surface area contributed by atoms with Crippen molar-refractivity contribution in [3.8, 4) is 5.75 Å². The lowest BCUT2D eigenvalue weighted by molar-refractivity contribution is 0.296. The van der Waals surface area contributed by atoms with Gasteiger partial charge in [-0.3, -0.25) is 4.99 Å². The third kappa shape index (κ3) is 6.74. The first-order valence-electron chi connectivity index (χ1n) is 10.2. The number of sulfonamides is 1. The molecule has 3 rings (SSSR count). The van der Waals surface area contributed by atoms with Crippen molar-refractivity contribution in [1.82, 2.24) is 15.4 Å². The van der Waals surface area contributed by atoms with Gasteiger partial charge in [-0.1, -0.05) is 35.9 Å². The normalized spacial score (nSPS) is 14.4. The minimum Gasteiger partial charge on any atom is -0.493 e. The van der Waals surface area contributed by atoms with Gasteiger partial charge in [-0.2, -0.15) is 0 Å². The Morgan fingerprint density at radius 1 is 1.07 bits per heavy atom. The van der Waals surface area contributed by atoms with E-state index in [1.807, 2.05) is 31.2 Å². The molecule has 0 heterocycles. The summed E-state index contributed by atoms with van der Waals surface area (Å²) in [7, 11) is -1.84. The number of aliphatic imine (C=N–C) groups is 1. The quantitative estimate of drug-likeness (QED) is 0.306. The van der Waals surface area contributed by atoms with E-state index in [-0.39, 0.29) is 11.4 Å². The van der Waals surface area contributed by atoms with Crippen LogP contribution in [0.1, 0.15) is 24.0 Å². The van der Waals surface area contributed by atoms with Crippen molar-refractivity contribution < 1.29 is 13.2 Å². The van der Waals surface area contributed by atoms with Crippen LogP contribution in [0, 0.1) is 12.8 Å². The van der Waals surface area contributed by atoms with Crippen LogP contribution >= 0.6 is 0 Å². The lowest BCUT2D eigenvalue weighted by Crippen LogP contribution is -2.41. The summed E-state index contributed by atoms with van der Waals surface area (Å²) >= 11 is 0. The number of para-hydroxylation sites is 1. The molecule has 0 bridgehead atoms. The average molecular weight is 431 g/mol. The van der Waals surface area contributed by atoms with E-state index in [2.05, 4.69) is 20.3 Å². The first-order valence-corrected chi connectivity index (χ1v) is 11.7. The predicted octanol–water partition coefficient (Wildman–Crippen LogP) is 2.43. The highest BCUT2D eigenvalue weighted by Gasteiger charge is 2.22. The van der Waals surface area contributed by atoms with Crippen molar-refractivity contribution in [2.45, 2.75) is 31.2 Å². The molecule has 3 N–H and O–H groups in total. The minimum absolute atomic E-state index is 0.248. The summed E-state index contributed by atoms with van der Waals surface area (Å²) in [5.74, 6) is 2.18. The minimum atomic E-state index is -3.52. The van der Waals surface area contributed by atoms with Crippen molar-refractivity contribution in [2.75, 3.05) is 26.7 Å². The molecular weight excluding hydrogens is 400 g/mol. The molecular formula is C22H30N4O3S. The van der Waals surface area contributed by atoms with Gasteiger partial charge < -0.3 is 15.4 Å². The molecule has 1 aliphatic rings. The molecule has 0 atom stereocenters. The number of guanidine groups is 1. The molecule has 1 fully saturated rings. The molecule has 0 unspecified atom stereocenters. The fraction of sp³-hybridized carbons (Fsp3) is 0.409. The standard InChI is InChI=1S/C22H30N4O3S/c1-17-7-11-20(12-8-17)30(27,28)26-14-13-24-22(23-2)25-15-19-5-3-4-6-21(19)29-16-18-9-10-18/h3-8,11-12,18,26H,9-10,13-16H2,1-2H3,(H2,23,24,25). The number of hydrogen-bond acceptors (Lipinski definition) is 4. The maximum Gasteiger partial charge on any atom is 0.240 e. The van der Waals surface area contributed by atoms with Gasteiger partial charge in [0.1, 0.15) is 5.75 Å². The molecule has 162 valence electrons. The highest BCUT2D eigenvalue weighted by molar-refractivity contribution is 7.89. The summed E-state index contributed by atoms with van der Waals surface area (Å²) in [6, 6.07) is 14.7. The lowest BCUT2D eigenvalue weighted by atomic mass is 10.2. The zero-order valence-electron chi connectivity index (χ0n) is 17.5. The Hall–Kier alpha value is -2.58. The van der Waals surface area contributed by atoms with Gasteiger partial charge in [0.05, 0.1) is 11.5 Å². The zero-order chi connectivity index (χ0) is 21.4. The van der Waals surface area contributed by atoms with Crippen LogP contribution in [-0.4, -0.2) is 41.1 Å². The average Bonchev–Trinajstić information content (AvgIpc) is 3.57. The van der Waals surface area contributed by atoms with Crippen LogP contribution in [-0.2, 0) is 16.6 Å². The van der Waals surface area contributed by atoms with Crippen molar-refractivity contribution in [1.29, 1.82) is 0 Å². The summed E-state index contributed by atoms with van der Waals surface area (Å²) in [5, 5.41) is 6.37. The Kier molecular flexibility index (Phi) is 7.70. The summed E-state index contributed by atoms with van der Waals surface area (Å²) in [5.41, 5.74) is 2.08. The van der Waals surface area contributed by atoms with Crippen LogP contribution < -0.4 is 20.1 Å². The number of benzene rings is 2. The molecule has 7 nitrogen and oxygen atoms in total. The Balaban J connectivity index is 1.43. The van der Waals surface area contributed by atoms with E-state index in [1.165, 1.54) is 12.8 Å². The summed E-state index contributed by atoms with van der Waals surface area (Å²) in [4.78, 5) is 4.46. The van der Waals surface area contributed by atoms with Crippen LogP contribution in [0.15, 0.2) is 58.4 Å². The topological polar surface area (TPSA) is 91.8 Å². The summed E-state index contributed by atoms with van der Waals surface area (Å²) < 4.78 is 33.2. The number of hydrogen-bond donors (Lipinski definition) is 3. The lowest BCUT2D eigenvalue weighted by Gasteiger charge is -2.15. The molecule has 30 heavy (non-hydrogen) atoms. The summed E-state index contributed by atoms with van der Waals surface area (Å²) in [6.07, 6.45) is 2.51. The van der Waals surface area contributed by atoms with E-state index < -0.39 is 10.0 Å². The fourth-order valence-electron chi connectivity index (χ4n) is 2.85. The van der Waals surface area contributed by atoms with Crippen LogP contribution in [0.2, 0.25) is 0 Å². The van der Waals surface area contributed by atoms with Crippen molar-refractivity contribution in [3.63, 3.8) is 0 Å². The third-order valence-corrected chi connectivity index (χ3v) is 6.33. The van der Waals surface area contributed by atoms with Gasteiger partial charge in [0.15, 0.2) is 5.96 Å². The van der Waals surface area contributed by atoms with Gasteiger partial charge in [0, 0.05) is 32.2 Å². The highest BCUT2D eigenvalue weighted by atomic mass is 32.2. The first-order chi connectivity index (χ1) is 14.5. The van der Waals surface area contributed by atoms with Crippen molar-refractivity contribution >= 4 is 16.0 Å².